The molecule has 68 heavy (non-hydrogen) atoms. The summed E-state index contributed by atoms with van der Waals surface area (Å²) in [6.45, 7) is 6.79. The number of carbonyl (C=O) groups is 3. The lowest BCUT2D eigenvalue weighted by molar-refractivity contribution is -0.384. The van der Waals surface area contributed by atoms with Gasteiger partial charge in [-0.3, -0.25) is 34.0 Å². The number of imide groups is 1. The summed E-state index contributed by atoms with van der Waals surface area (Å²) in [5.41, 5.74) is 0.243. The maximum Gasteiger partial charge on any atom is 0.330 e. The van der Waals surface area contributed by atoms with Crippen molar-refractivity contribution in [2.24, 2.45) is 0 Å². The van der Waals surface area contributed by atoms with Crippen LogP contribution >= 0.6 is 0 Å². The number of urea groups is 1. The number of rotatable bonds is 34. The number of nitro groups is 1. The second-order valence-electron chi connectivity index (χ2n) is 18.1. The Morgan fingerprint density at radius 3 is 1.87 bits per heavy atom. The minimum atomic E-state index is -1.75. The minimum absolute atomic E-state index is 0.0109. The van der Waals surface area contributed by atoms with Gasteiger partial charge in [0.15, 0.2) is 6.04 Å². The largest absolute Gasteiger partial charge is 0.491 e. The number of nitrogens with one attached hydrogen (secondary N) is 1. The van der Waals surface area contributed by atoms with E-state index in [-0.39, 0.29) is 42.1 Å². The number of aromatic nitrogens is 2. The number of nitrogens with zero attached hydrogens (tertiary/aromatic N) is 5. The number of amides is 4. The topological polar surface area (TPSA) is 166 Å². The molecule has 1 N–H and O–H groups in total. The number of anilines is 1. The number of fused-ring (bicyclic) bond motifs is 1. The van der Waals surface area contributed by atoms with Crippen LogP contribution in [0.5, 0.6) is 5.75 Å². The molecule has 2 heterocycles. The molecular weight excluding hydrogens is 861 g/mol. The first-order chi connectivity index (χ1) is 33.2. The maximum atomic E-state index is 15.1. The molecule has 0 aliphatic carbocycles. The van der Waals surface area contributed by atoms with E-state index < -0.39 is 40.6 Å². The lowest BCUT2D eigenvalue weighted by Gasteiger charge is -2.27. The van der Waals surface area contributed by atoms with Crippen LogP contribution in [0.3, 0.4) is 0 Å². The van der Waals surface area contributed by atoms with Gasteiger partial charge < -0.3 is 14.8 Å². The molecule has 14 nitrogen and oxygen atoms in total. The monoisotopic (exact) mass is 937 g/mol. The first-order valence-corrected chi connectivity index (χ1v) is 25.7. The Kier molecular flexibility index (Phi) is 23.0. The molecule has 2 unspecified atom stereocenters. The van der Waals surface area contributed by atoms with Gasteiger partial charge in [-0.1, -0.05) is 185 Å². The number of non-ortho nitro benzene ring substituents is 1. The van der Waals surface area contributed by atoms with E-state index in [0.717, 1.165) is 55.4 Å². The van der Waals surface area contributed by atoms with Crippen molar-refractivity contribution in [1.29, 1.82) is 0 Å². The van der Waals surface area contributed by atoms with Gasteiger partial charge in [-0.15, -0.1) is 0 Å². The van der Waals surface area contributed by atoms with Crippen LogP contribution in [0.15, 0.2) is 77.6 Å². The summed E-state index contributed by atoms with van der Waals surface area (Å²) in [6.07, 6.45) is 23.6. The molecule has 1 aliphatic rings. The smallest absolute Gasteiger partial charge is 0.330 e. The second-order valence-corrected chi connectivity index (χ2v) is 18.1. The molecule has 0 bridgehead atoms. The molecule has 0 spiro atoms. The average molecular weight is 937 g/mol. The predicted octanol–water partition coefficient (Wildman–Crippen LogP) is 12.8. The number of benzene rings is 3. The van der Waals surface area contributed by atoms with Crippen molar-refractivity contribution in [3.8, 4) is 5.75 Å². The maximum absolute atomic E-state index is 15.1. The van der Waals surface area contributed by atoms with Crippen LogP contribution in [-0.4, -0.2) is 61.6 Å². The van der Waals surface area contributed by atoms with Gasteiger partial charge in [0, 0.05) is 25.3 Å². The molecule has 5 rings (SSSR count). The van der Waals surface area contributed by atoms with E-state index in [2.05, 4.69) is 19.2 Å². The second kappa shape index (κ2) is 29.3. The van der Waals surface area contributed by atoms with Crippen LogP contribution in [0.25, 0.3) is 10.9 Å². The van der Waals surface area contributed by atoms with Crippen molar-refractivity contribution in [2.45, 2.75) is 187 Å². The number of hydrogen-bond donors (Lipinski definition) is 1. The highest BCUT2D eigenvalue weighted by Gasteiger charge is 2.52. The lowest BCUT2D eigenvalue weighted by Crippen LogP contribution is -2.45. The highest BCUT2D eigenvalue weighted by atomic mass is 16.6. The molecule has 4 aromatic rings. The van der Waals surface area contributed by atoms with Gasteiger partial charge in [-0.25, -0.2) is 14.7 Å². The fraction of sp³-hybridized carbons (Fsp3) is 0.574. The van der Waals surface area contributed by atoms with Gasteiger partial charge in [-0.05, 0) is 43.5 Å². The molecular formula is C54H76N6O8. The van der Waals surface area contributed by atoms with Crippen molar-refractivity contribution in [3.63, 3.8) is 0 Å². The molecule has 0 saturated carbocycles. The van der Waals surface area contributed by atoms with Crippen LogP contribution in [0, 0.1) is 10.1 Å². The summed E-state index contributed by atoms with van der Waals surface area (Å²) in [5, 5.41) is 14.8. The number of para-hydroxylation sites is 2. The summed E-state index contributed by atoms with van der Waals surface area (Å²) in [5.74, 6) is -1.30. The quantitative estimate of drug-likeness (QED) is 0.0207. The van der Waals surface area contributed by atoms with E-state index in [4.69, 9.17) is 14.5 Å². The Labute approximate surface area is 403 Å². The third-order valence-corrected chi connectivity index (χ3v) is 12.8. The Hall–Kier alpha value is -5.63. The molecule has 370 valence electrons. The van der Waals surface area contributed by atoms with Crippen molar-refractivity contribution < 1.29 is 28.8 Å². The zero-order valence-electron chi connectivity index (χ0n) is 41.0. The summed E-state index contributed by atoms with van der Waals surface area (Å²) in [4.78, 5) is 77.5. The van der Waals surface area contributed by atoms with E-state index in [9.17, 15) is 24.5 Å². The zero-order chi connectivity index (χ0) is 48.5. The van der Waals surface area contributed by atoms with E-state index in [1.165, 1.54) is 118 Å². The molecule has 4 amide bonds. The van der Waals surface area contributed by atoms with Crippen molar-refractivity contribution in [2.75, 3.05) is 18.5 Å². The van der Waals surface area contributed by atoms with Crippen molar-refractivity contribution in [1.82, 2.24) is 19.4 Å². The van der Waals surface area contributed by atoms with E-state index >= 15 is 4.79 Å². The average Bonchev–Trinajstić information content (AvgIpc) is 3.56. The lowest BCUT2D eigenvalue weighted by atomic mass is 10.1. The first kappa shape index (κ1) is 53.3. The van der Waals surface area contributed by atoms with Crippen LogP contribution in [0.2, 0.25) is 0 Å². The van der Waals surface area contributed by atoms with Gasteiger partial charge in [0.2, 0.25) is 6.23 Å². The molecule has 1 saturated heterocycles. The normalized spacial score (nSPS) is 14.2. The van der Waals surface area contributed by atoms with Crippen LogP contribution in [-0.2, 0) is 27.4 Å². The number of nitro benzene ring substituents is 1. The first-order valence-electron chi connectivity index (χ1n) is 25.7. The minimum Gasteiger partial charge on any atom is -0.491 e. The third kappa shape index (κ3) is 15.7. The molecule has 1 aromatic heterocycles. The van der Waals surface area contributed by atoms with Crippen LogP contribution in [0.4, 0.5) is 16.2 Å². The zero-order valence-corrected chi connectivity index (χ0v) is 41.0. The predicted molar refractivity (Wildman–Crippen MR) is 269 cm³/mol. The van der Waals surface area contributed by atoms with E-state index in [1.807, 2.05) is 30.3 Å². The molecule has 1 fully saturated rings. The van der Waals surface area contributed by atoms with Gasteiger partial charge in [0.25, 0.3) is 23.1 Å². The van der Waals surface area contributed by atoms with Gasteiger partial charge >= 0.3 is 6.03 Å². The molecule has 3 aromatic carbocycles. The Morgan fingerprint density at radius 1 is 0.721 bits per heavy atom. The van der Waals surface area contributed by atoms with Gasteiger partial charge in [-0.2, -0.15) is 0 Å². The molecule has 1 aliphatic heterocycles. The Morgan fingerprint density at radius 2 is 1.28 bits per heavy atom. The number of unbranched alkanes of at least 4 members (excludes halogenated alkanes) is 20. The highest BCUT2D eigenvalue weighted by molar-refractivity contribution is 6.09. The molecule has 0 radical (unpaired) electrons. The molecule has 2 atom stereocenters. The Balaban J connectivity index is 1.43. The summed E-state index contributed by atoms with van der Waals surface area (Å²) >= 11 is 0. The van der Waals surface area contributed by atoms with Gasteiger partial charge in [0.1, 0.15) is 11.6 Å². The van der Waals surface area contributed by atoms with Crippen molar-refractivity contribution >= 4 is 40.1 Å². The van der Waals surface area contributed by atoms with E-state index in [1.54, 1.807) is 31.2 Å². The number of carbonyl (C=O) groups excluding carboxylic acids is 3. The summed E-state index contributed by atoms with van der Waals surface area (Å²) in [6, 6.07) is 17.4. The Bertz CT molecular complexity index is 2250. The summed E-state index contributed by atoms with van der Waals surface area (Å²) < 4.78 is 13.5. The van der Waals surface area contributed by atoms with Crippen molar-refractivity contribution in [3.05, 3.63) is 105 Å². The fourth-order valence-corrected chi connectivity index (χ4v) is 8.97. The fourth-order valence-electron chi connectivity index (χ4n) is 8.97. The van der Waals surface area contributed by atoms with E-state index in [0.29, 0.717) is 24.5 Å². The third-order valence-electron chi connectivity index (χ3n) is 12.8. The molecule has 14 heteroatoms. The number of ether oxygens (including phenoxy) is 2. The van der Waals surface area contributed by atoms with Crippen LogP contribution in [0.1, 0.15) is 179 Å². The SMILES string of the molecule is CCCCCCCCCCCCCCOc1ccccc1NC(=O)C(c1nc2ccc([N+](=O)[O-])cc2c(=O)n1CCCCCCCCCCCC)N1C(=O)C(OCC)N(Cc2ccccc2)C1=O. The highest BCUT2D eigenvalue weighted by Crippen LogP contribution is 2.34. The standard InChI is InChI=1S/C54H76N6O8/c1-4-7-9-11-13-15-17-18-20-22-24-31-39-68-47-35-29-28-34-46(47)56-50(61)48(59-52(63)53(67-6-3)58(54(59)64)41-42-32-26-25-27-33-42)49-55-45-37-36-43(60(65)66)40-44(45)51(62)57(49)38-30-23-21-19-16-14-12-10-8-5-2/h25-29,32-37,40,48,53H,4-24,30-31,38-39,41H2,1-3H3,(H,56,61). The number of hydrogen-bond acceptors (Lipinski definition) is 9. The summed E-state index contributed by atoms with van der Waals surface area (Å²) in [7, 11) is 0. The van der Waals surface area contributed by atoms with Gasteiger partial charge in [0.05, 0.1) is 34.7 Å². The van der Waals surface area contributed by atoms with Crippen LogP contribution < -0.4 is 15.6 Å².